The van der Waals surface area contributed by atoms with E-state index in [1.807, 2.05) is 18.2 Å². The number of halogens is 2. The predicted octanol–water partition coefficient (Wildman–Crippen LogP) is 2.76. The summed E-state index contributed by atoms with van der Waals surface area (Å²) in [4.78, 5) is 15.4. The maximum Gasteiger partial charge on any atom is 0.271 e. The molecule has 1 heterocycles. The molecule has 0 bridgehead atoms. The van der Waals surface area contributed by atoms with E-state index in [2.05, 4.69) is 42.2 Å². The normalized spacial score (nSPS) is 10.3. The van der Waals surface area contributed by atoms with E-state index in [0.29, 0.717) is 5.69 Å². The first-order chi connectivity index (χ1) is 8.10. The Bertz CT molecular complexity index is 545. The van der Waals surface area contributed by atoms with Crippen LogP contribution in [-0.4, -0.2) is 22.5 Å². The summed E-state index contributed by atoms with van der Waals surface area (Å²) < 4.78 is 3.70. The molecule has 1 aromatic heterocycles. The topological polar surface area (TPSA) is 46.9 Å². The molecule has 0 aliphatic heterocycles. The first kappa shape index (κ1) is 12.3. The van der Waals surface area contributed by atoms with E-state index < -0.39 is 0 Å². The molecule has 0 spiro atoms. The number of imidazole rings is 1. The average Bonchev–Trinajstić information content (AvgIpc) is 2.76. The predicted molar refractivity (Wildman–Crippen MR) is 72.4 cm³/mol. The van der Waals surface area contributed by atoms with Crippen LogP contribution in [0, 0.1) is 0 Å². The van der Waals surface area contributed by atoms with Gasteiger partial charge < -0.3 is 9.88 Å². The van der Waals surface area contributed by atoms with Crippen LogP contribution in [0.1, 0.15) is 10.5 Å². The number of carbonyl (C=O) groups excluding carboxylic acids is 1. The number of nitrogens with zero attached hydrogens (tertiary/aromatic N) is 2. The van der Waals surface area contributed by atoms with Crippen molar-refractivity contribution in [3.8, 4) is 5.69 Å². The van der Waals surface area contributed by atoms with Crippen molar-refractivity contribution in [1.29, 1.82) is 0 Å². The fourth-order valence-corrected chi connectivity index (χ4v) is 2.67. The molecule has 1 amide bonds. The molecule has 88 valence electrons. The Morgan fingerprint density at radius 2 is 1.94 bits per heavy atom. The van der Waals surface area contributed by atoms with E-state index in [-0.39, 0.29) is 5.91 Å². The van der Waals surface area contributed by atoms with Crippen LogP contribution in [0.25, 0.3) is 5.69 Å². The second-order valence-electron chi connectivity index (χ2n) is 3.37. The van der Waals surface area contributed by atoms with E-state index in [0.717, 1.165) is 14.6 Å². The lowest BCUT2D eigenvalue weighted by Crippen LogP contribution is -2.17. The third-order valence-corrected chi connectivity index (χ3v) is 3.10. The minimum Gasteiger partial charge on any atom is -0.354 e. The number of rotatable bonds is 2. The van der Waals surface area contributed by atoms with E-state index in [1.54, 1.807) is 24.1 Å². The molecule has 1 aromatic carbocycles. The van der Waals surface area contributed by atoms with Crippen molar-refractivity contribution in [2.75, 3.05) is 7.05 Å². The number of carbonyl (C=O) groups is 1. The van der Waals surface area contributed by atoms with Gasteiger partial charge in [0.1, 0.15) is 12.0 Å². The van der Waals surface area contributed by atoms with Crippen LogP contribution in [0.5, 0.6) is 0 Å². The van der Waals surface area contributed by atoms with E-state index in [4.69, 9.17) is 0 Å². The Labute approximate surface area is 115 Å². The highest BCUT2D eigenvalue weighted by Gasteiger charge is 2.08. The van der Waals surface area contributed by atoms with Crippen molar-refractivity contribution in [2.45, 2.75) is 0 Å². The highest BCUT2D eigenvalue weighted by Crippen LogP contribution is 2.22. The molecule has 0 aliphatic carbocycles. The van der Waals surface area contributed by atoms with Gasteiger partial charge in [0.15, 0.2) is 0 Å². The molecule has 0 saturated carbocycles. The lowest BCUT2D eigenvalue weighted by atomic mass is 10.3. The smallest absolute Gasteiger partial charge is 0.271 e. The van der Waals surface area contributed by atoms with Gasteiger partial charge in [0.2, 0.25) is 0 Å². The van der Waals surface area contributed by atoms with Crippen LogP contribution in [-0.2, 0) is 0 Å². The molecule has 0 saturated heterocycles. The Morgan fingerprint density at radius 3 is 2.53 bits per heavy atom. The molecule has 1 N–H and O–H groups in total. The Balaban J connectivity index is 2.40. The third-order valence-electron chi connectivity index (χ3n) is 2.19. The Morgan fingerprint density at radius 1 is 1.29 bits per heavy atom. The SMILES string of the molecule is CNC(=O)c1cn(-c2cc(Br)cc(Br)c2)cn1. The zero-order valence-corrected chi connectivity index (χ0v) is 12.1. The minimum absolute atomic E-state index is 0.196. The molecule has 0 aliphatic rings. The highest BCUT2D eigenvalue weighted by atomic mass is 79.9. The van der Waals surface area contributed by atoms with Crippen molar-refractivity contribution in [2.24, 2.45) is 0 Å². The van der Waals surface area contributed by atoms with E-state index in [9.17, 15) is 4.79 Å². The molecular formula is C11H9Br2N3O. The summed E-state index contributed by atoms with van der Waals surface area (Å²) in [5, 5.41) is 2.54. The van der Waals surface area contributed by atoms with E-state index in [1.165, 1.54) is 0 Å². The lowest BCUT2D eigenvalue weighted by molar-refractivity contribution is 0.0958. The summed E-state index contributed by atoms with van der Waals surface area (Å²) in [5.41, 5.74) is 1.32. The van der Waals surface area contributed by atoms with Crippen LogP contribution in [0.15, 0.2) is 39.7 Å². The van der Waals surface area contributed by atoms with Gasteiger partial charge in [-0.05, 0) is 18.2 Å². The zero-order valence-electron chi connectivity index (χ0n) is 8.95. The first-order valence-electron chi connectivity index (χ1n) is 4.82. The van der Waals surface area contributed by atoms with Gasteiger partial charge >= 0.3 is 0 Å². The van der Waals surface area contributed by atoms with Gasteiger partial charge in [0, 0.05) is 27.9 Å². The summed E-state index contributed by atoms with van der Waals surface area (Å²) in [6.07, 6.45) is 3.30. The lowest BCUT2D eigenvalue weighted by Gasteiger charge is -2.03. The number of nitrogens with one attached hydrogen (secondary N) is 1. The highest BCUT2D eigenvalue weighted by molar-refractivity contribution is 9.11. The molecule has 6 heteroatoms. The number of aromatic nitrogens is 2. The second-order valence-corrected chi connectivity index (χ2v) is 5.20. The Hall–Kier alpha value is -1.14. The maximum absolute atomic E-state index is 11.4. The molecule has 0 unspecified atom stereocenters. The largest absolute Gasteiger partial charge is 0.354 e. The molecular weight excluding hydrogens is 350 g/mol. The summed E-state index contributed by atoms with van der Waals surface area (Å²) in [7, 11) is 1.58. The number of hydrogen-bond acceptors (Lipinski definition) is 2. The van der Waals surface area contributed by atoms with Gasteiger partial charge in [-0.1, -0.05) is 31.9 Å². The van der Waals surface area contributed by atoms with Gasteiger partial charge in [0.05, 0.1) is 0 Å². The van der Waals surface area contributed by atoms with Gasteiger partial charge in [-0.2, -0.15) is 0 Å². The third kappa shape index (κ3) is 2.76. The van der Waals surface area contributed by atoms with Gasteiger partial charge in [0.25, 0.3) is 5.91 Å². The van der Waals surface area contributed by atoms with Gasteiger partial charge in [-0.25, -0.2) is 4.98 Å². The van der Waals surface area contributed by atoms with Crippen molar-refractivity contribution < 1.29 is 4.79 Å². The molecule has 0 atom stereocenters. The first-order valence-corrected chi connectivity index (χ1v) is 6.41. The fraction of sp³-hybridized carbons (Fsp3) is 0.0909. The number of hydrogen-bond donors (Lipinski definition) is 1. The number of benzene rings is 1. The minimum atomic E-state index is -0.196. The summed E-state index contributed by atoms with van der Waals surface area (Å²) in [6, 6.07) is 5.83. The monoisotopic (exact) mass is 357 g/mol. The summed E-state index contributed by atoms with van der Waals surface area (Å²) in [5.74, 6) is -0.196. The summed E-state index contributed by atoms with van der Waals surface area (Å²) in [6.45, 7) is 0. The van der Waals surface area contributed by atoms with Crippen molar-refractivity contribution in [1.82, 2.24) is 14.9 Å². The molecule has 0 radical (unpaired) electrons. The van der Waals surface area contributed by atoms with Crippen LogP contribution in [0.3, 0.4) is 0 Å². The molecule has 2 rings (SSSR count). The van der Waals surface area contributed by atoms with E-state index >= 15 is 0 Å². The van der Waals surface area contributed by atoms with Crippen molar-refractivity contribution in [3.63, 3.8) is 0 Å². The standard InChI is InChI=1S/C11H9Br2N3O/c1-14-11(17)10-5-16(6-15-10)9-3-7(12)2-8(13)4-9/h2-6H,1H3,(H,14,17). The Kier molecular flexibility index (Phi) is 3.63. The number of amides is 1. The maximum atomic E-state index is 11.4. The second kappa shape index (κ2) is 5.01. The molecule has 17 heavy (non-hydrogen) atoms. The van der Waals surface area contributed by atoms with Gasteiger partial charge in [-0.15, -0.1) is 0 Å². The molecule has 4 nitrogen and oxygen atoms in total. The molecule has 2 aromatic rings. The van der Waals surface area contributed by atoms with Crippen molar-refractivity contribution in [3.05, 3.63) is 45.4 Å². The average molecular weight is 359 g/mol. The fourth-order valence-electron chi connectivity index (χ4n) is 1.40. The van der Waals surface area contributed by atoms with Crippen LogP contribution < -0.4 is 5.32 Å². The molecule has 0 fully saturated rings. The summed E-state index contributed by atoms with van der Waals surface area (Å²) >= 11 is 6.83. The zero-order chi connectivity index (χ0) is 12.4. The van der Waals surface area contributed by atoms with Gasteiger partial charge in [-0.3, -0.25) is 4.79 Å². The van der Waals surface area contributed by atoms with Crippen LogP contribution >= 0.6 is 31.9 Å². The quantitative estimate of drug-likeness (QED) is 0.897. The van der Waals surface area contributed by atoms with Crippen molar-refractivity contribution >= 4 is 37.8 Å². The van der Waals surface area contributed by atoms with Crippen LogP contribution in [0.4, 0.5) is 0 Å². The van der Waals surface area contributed by atoms with Crippen LogP contribution in [0.2, 0.25) is 0 Å².